The molecule has 58 heavy (non-hydrogen) atoms. The molecule has 0 atom stereocenters. The minimum Gasteiger partial charge on any atom is -0.310 e. The second-order valence-corrected chi connectivity index (χ2v) is 15.0. The molecule has 0 aliphatic carbocycles. The lowest BCUT2D eigenvalue weighted by atomic mass is 10.0. The Morgan fingerprint density at radius 2 is 0.534 bits per heavy atom. The molecule has 282 valence electrons. The van der Waals surface area contributed by atoms with Crippen molar-refractivity contribution >= 4 is 58.4 Å². The van der Waals surface area contributed by atoms with Gasteiger partial charge in [0.15, 0.2) is 0 Å². The molecule has 0 bridgehead atoms. The second-order valence-electron chi connectivity index (χ2n) is 15.0. The van der Waals surface area contributed by atoms with E-state index in [-0.39, 0.29) is 0 Å². The van der Waals surface area contributed by atoms with Crippen molar-refractivity contribution in [2.75, 3.05) is 9.80 Å². The lowest BCUT2D eigenvalue weighted by Gasteiger charge is -2.27. The Kier molecular flexibility index (Phi) is 11.3. The fourth-order valence-electron chi connectivity index (χ4n) is 7.21. The molecule has 0 radical (unpaired) electrons. The van der Waals surface area contributed by atoms with Crippen molar-refractivity contribution in [3.63, 3.8) is 0 Å². The van der Waals surface area contributed by atoms with Gasteiger partial charge in [-0.05, 0) is 156 Å². The van der Waals surface area contributed by atoms with E-state index in [1.54, 1.807) is 0 Å². The van der Waals surface area contributed by atoms with Gasteiger partial charge in [0.05, 0.1) is 0 Å². The molecule has 0 heterocycles. The van der Waals surface area contributed by atoms with Gasteiger partial charge in [0.1, 0.15) is 0 Å². The van der Waals surface area contributed by atoms with E-state index in [1.165, 1.54) is 44.5 Å². The Bertz CT molecular complexity index is 2460. The van der Waals surface area contributed by atoms with Gasteiger partial charge in [0.25, 0.3) is 0 Å². The summed E-state index contributed by atoms with van der Waals surface area (Å²) in [6, 6.07) is 69.7. The molecule has 2 nitrogen and oxygen atoms in total. The van der Waals surface area contributed by atoms with E-state index in [2.05, 4.69) is 244 Å². The van der Waals surface area contributed by atoms with Crippen LogP contribution < -0.4 is 9.80 Å². The third-order valence-corrected chi connectivity index (χ3v) is 10.9. The van der Waals surface area contributed by atoms with Gasteiger partial charge >= 0.3 is 0 Å². The van der Waals surface area contributed by atoms with E-state index in [4.69, 9.17) is 0 Å². The first-order valence-corrected chi connectivity index (χ1v) is 20.0. The van der Waals surface area contributed by atoms with Gasteiger partial charge in [-0.1, -0.05) is 146 Å². The largest absolute Gasteiger partial charge is 0.310 e. The molecule has 0 aliphatic rings. The van der Waals surface area contributed by atoms with Crippen LogP contribution >= 0.6 is 0 Å². The van der Waals surface area contributed by atoms with E-state index in [0.717, 1.165) is 45.3 Å². The standard InChI is InChI=1S/C56H48N2/c1-41-15-29-55(39-43(41)3)57(51-31-21-47(22-32-51)19-17-45-11-7-5-8-12-45)53-35-25-49(26-36-53)50-27-37-54(38-28-50)58(56-30-16-42(2)44(4)40-56)52-33-23-48(24-34-52)20-18-46-13-9-6-10-14-46/h5-40H,1-4H3. The van der Waals surface area contributed by atoms with Gasteiger partial charge in [-0.3, -0.25) is 0 Å². The predicted molar refractivity (Wildman–Crippen MR) is 251 cm³/mol. The van der Waals surface area contributed by atoms with Crippen LogP contribution in [0, 0.1) is 27.7 Å². The molecule has 0 fully saturated rings. The number of nitrogens with zero attached hydrogens (tertiary/aromatic N) is 2. The molecular formula is C56H48N2. The molecule has 8 rings (SSSR count). The van der Waals surface area contributed by atoms with Crippen LogP contribution in [0.4, 0.5) is 34.1 Å². The fourth-order valence-corrected chi connectivity index (χ4v) is 7.21. The van der Waals surface area contributed by atoms with Gasteiger partial charge in [0, 0.05) is 34.1 Å². The summed E-state index contributed by atoms with van der Waals surface area (Å²) in [5, 5.41) is 0. The zero-order chi connectivity index (χ0) is 39.8. The first-order chi connectivity index (χ1) is 28.4. The van der Waals surface area contributed by atoms with Crippen LogP contribution in [-0.2, 0) is 0 Å². The Hall–Kier alpha value is -7.16. The third-order valence-electron chi connectivity index (χ3n) is 10.9. The van der Waals surface area contributed by atoms with Crippen LogP contribution in [0.2, 0.25) is 0 Å². The maximum absolute atomic E-state index is 2.34. The average molecular weight is 749 g/mol. The number of anilines is 6. The number of aryl methyl sites for hydroxylation is 4. The monoisotopic (exact) mass is 748 g/mol. The summed E-state index contributed by atoms with van der Waals surface area (Å²) in [5.74, 6) is 0. The highest BCUT2D eigenvalue weighted by molar-refractivity contribution is 5.82. The molecule has 0 unspecified atom stereocenters. The summed E-state index contributed by atoms with van der Waals surface area (Å²) in [4.78, 5) is 4.68. The summed E-state index contributed by atoms with van der Waals surface area (Å²) in [5.41, 5.74) is 18.9. The number of hydrogen-bond acceptors (Lipinski definition) is 2. The smallest absolute Gasteiger partial charge is 0.0464 e. The predicted octanol–water partition coefficient (Wildman–Crippen LogP) is 15.9. The van der Waals surface area contributed by atoms with E-state index < -0.39 is 0 Å². The summed E-state index contributed by atoms with van der Waals surface area (Å²) in [7, 11) is 0. The molecule has 0 aromatic heterocycles. The quantitative estimate of drug-likeness (QED) is 0.122. The Morgan fingerprint density at radius 3 is 0.845 bits per heavy atom. The zero-order valence-electron chi connectivity index (χ0n) is 33.7. The van der Waals surface area contributed by atoms with Crippen LogP contribution in [0.3, 0.4) is 0 Å². The molecule has 0 N–H and O–H groups in total. The highest BCUT2D eigenvalue weighted by atomic mass is 15.1. The van der Waals surface area contributed by atoms with E-state index in [0.29, 0.717) is 0 Å². The molecule has 0 saturated heterocycles. The minimum absolute atomic E-state index is 1.11. The summed E-state index contributed by atoms with van der Waals surface area (Å²) in [6.45, 7) is 8.70. The molecule has 2 heteroatoms. The van der Waals surface area contributed by atoms with Crippen molar-refractivity contribution in [2.45, 2.75) is 27.7 Å². The van der Waals surface area contributed by atoms with Crippen LogP contribution in [0.25, 0.3) is 35.4 Å². The maximum Gasteiger partial charge on any atom is 0.0464 e. The van der Waals surface area contributed by atoms with Crippen molar-refractivity contribution in [2.24, 2.45) is 0 Å². The Morgan fingerprint density at radius 1 is 0.259 bits per heavy atom. The zero-order valence-corrected chi connectivity index (χ0v) is 33.7. The summed E-state index contributed by atoms with van der Waals surface area (Å²) < 4.78 is 0. The van der Waals surface area contributed by atoms with Crippen molar-refractivity contribution in [1.82, 2.24) is 0 Å². The molecule has 0 saturated carbocycles. The van der Waals surface area contributed by atoms with Crippen LogP contribution in [0.5, 0.6) is 0 Å². The molecular weight excluding hydrogens is 701 g/mol. The third kappa shape index (κ3) is 8.78. The summed E-state index contributed by atoms with van der Waals surface area (Å²) in [6.07, 6.45) is 8.65. The fraction of sp³-hybridized carbons (Fsp3) is 0.0714. The molecule has 0 amide bonds. The van der Waals surface area contributed by atoms with E-state index >= 15 is 0 Å². The SMILES string of the molecule is Cc1ccc(N(c2ccc(C=Cc3ccccc3)cc2)c2ccc(-c3ccc(N(c4ccc(C=Cc5ccccc5)cc4)c4ccc(C)c(C)c4)cc3)cc2)cc1C. The van der Waals surface area contributed by atoms with Gasteiger partial charge in [-0.25, -0.2) is 0 Å². The topological polar surface area (TPSA) is 6.48 Å². The molecule has 8 aromatic rings. The van der Waals surface area contributed by atoms with Gasteiger partial charge in [0.2, 0.25) is 0 Å². The average Bonchev–Trinajstić information content (AvgIpc) is 3.27. The van der Waals surface area contributed by atoms with Gasteiger partial charge in [-0.15, -0.1) is 0 Å². The van der Waals surface area contributed by atoms with Crippen LogP contribution in [0.15, 0.2) is 194 Å². The van der Waals surface area contributed by atoms with Crippen LogP contribution in [0.1, 0.15) is 44.5 Å². The van der Waals surface area contributed by atoms with E-state index in [1.807, 2.05) is 12.1 Å². The van der Waals surface area contributed by atoms with Crippen molar-refractivity contribution < 1.29 is 0 Å². The first-order valence-electron chi connectivity index (χ1n) is 20.0. The number of hydrogen-bond donors (Lipinski definition) is 0. The normalized spacial score (nSPS) is 11.3. The van der Waals surface area contributed by atoms with Gasteiger partial charge < -0.3 is 9.80 Å². The lowest BCUT2D eigenvalue weighted by Crippen LogP contribution is -2.10. The number of benzene rings is 8. The second kappa shape index (κ2) is 17.3. The van der Waals surface area contributed by atoms with Crippen molar-refractivity contribution in [1.29, 1.82) is 0 Å². The number of rotatable bonds is 11. The van der Waals surface area contributed by atoms with Crippen molar-refractivity contribution in [3.05, 3.63) is 239 Å². The van der Waals surface area contributed by atoms with Crippen molar-refractivity contribution in [3.8, 4) is 11.1 Å². The van der Waals surface area contributed by atoms with Gasteiger partial charge in [-0.2, -0.15) is 0 Å². The summed E-state index contributed by atoms with van der Waals surface area (Å²) >= 11 is 0. The molecule has 0 aliphatic heterocycles. The Balaban J connectivity index is 1.07. The molecule has 8 aromatic carbocycles. The minimum atomic E-state index is 1.11. The Labute approximate surface area is 344 Å². The molecule has 0 spiro atoms. The lowest BCUT2D eigenvalue weighted by molar-refractivity contribution is 1.25. The van der Waals surface area contributed by atoms with E-state index in [9.17, 15) is 0 Å². The maximum atomic E-state index is 2.34. The highest BCUT2D eigenvalue weighted by Crippen LogP contribution is 2.39. The first kappa shape index (κ1) is 37.7. The van der Waals surface area contributed by atoms with Crippen LogP contribution in [-0.4, -0.2) is 0 Å². The highest BCUT2D eigenvalue weighted by Gasteiger charge is 2.16.